The molecular formula is C15H31N3. The fourth-order valence-corrected chi connectivity index (χ4v) is 3.58. The summed E-state index contributed by atoms with van der Waals surface area (Å²) in [7, 11) is 0. The number of piperazine rings is 1. The quantitative estimate of drug-likeness (QED) is 0.780. The summed E-state index contributed by atoms with van der Waals surface area (Å²) in [6.45, 7) is 11.9. The van der Waals surface area contributed by atoms with Gasteiger partial charge >= 0.3 is 0 Å². The second-order valence-electron chi connectivity index (χ2n) is 5.88. The molecule has 0 radical (unpaired) electrons. The maximum Gasteiger partial charge on any atom is 0.0219 e. The first-order chi connectivity index (χ1) is 8.85. The van der Waals surface area contributed by atoms with Crippen LogP contribution in [-0.4, -0.2) is 61.2 Å². The molecule has 0 aromatic rings. The number of likely N-dealkylation sites (N-methyl/N-ethyl adjacent to an activating group) is 1. The Hall–Kier alpha value is -0.120. The van der Waals surface area contributed by atoms with E-state index in [4.69, 9.17) is 0 Å². The van der Waals surface area contributed by atoms with E-state index in [1.807, 2.05) is 0 Å². The van der Waals surface area contributed by atoms with E-state index in [1.165, 1.54) is 58.3 Å². The number of rotatable bonds is 6. The van der Waals surface area contributed by atoms with Gasteiger partial charge in [0, 0.05) is 44.8 Å². The Kier molecular flexibility index (Phi) is 5.93. The fraction of sp³-hybridized carbons (Fsp3) is 1.00. The SMILES string of the molecule is CCNCC(CC)N1CCN(C2CCCC2)CC1. The first-order valence-electron chi connectivity index (χ1n) is 8.04. The summed E-state index contributed by atoms with van der Waals surface area (Å²) in [5, 5.41) is 3.51. The van der Waals surface area contributed by atoms with Gasteiger partial charge in [0.15, 0.2) is 0 Å². The van der Waals surface area contributed by atoms with Gasteiger partial charge in [0.2, 0.25) is 0 Å². The smallest absolute Gasteiger partial charge is 0.0219 e. The topological polar surface area (TPSA) is 18.5 Å². The molecule has 3 heteroatoms. The van der Waals surface area contributed by atoms with Crippen molar-refractivity contribution in [3.63, 3.8) is 0 Å². The first kappa shape index (κ1) is 14.3. The molecule has 106 valence electrons. The van der Waals surface area contributed by atoms with Crippen LogP contribution in [0.15, 0.2) is 0 Å². The van der Waals surface area contributed by atoms with Crippen LogP contribution in [0.1, 0.15) is 46.0 Å². The Morgan fingerprint density at radius 3 is 2.28 bits per heavy atom. The molecule has 1 saturated carbocycles. The molecule has 0 amide bonds. The van der Waals surface area contributed by atoms with Crippen LogP contribution in [0.5, 0.6) is 0 Å². The summed E-state index contributed by atoms with van der Waals surface area (Å²) in [4.78, 5) is 5.46. The van der Waals surface area contributed by atoms with Gasteiger partial charge in [-0.05, 0) is 25.8 Å². The number of nitrogens with zero attached hydrogens (tertiary/aromatic N) is 2. The minimum Gasteiger partial charge on any atom is -0.315 e. The van der Waals surface area contributed by atoms with Crippen molar-refractivity contribution >= 4 is 0 Å². The van der Waals surface area contributed by atoms with Crippen molar-refractivity contribution in [1.29, 1.82) is 0 Å². The molecule has 1 N–H and O–H groups in total. The zero-order valence-electron chi connectivity index (χ0n) is 12.3. The summed E-state index contributed by atoms with van der Waals surface area (Å²) in [5.41, 5.74) is 0. The van der Waals surface area contributed by atoms with E-state index in [2.05, 4.69) is 29.0 Å². The zero-order valence-corrected chi connectivity index (χ0v) is 12.3. The predicted molar refractivity (Wildman–Crippen MR) is 78.0 cm³/mol. The monoisotopic (exact) mass is 253 g/mol. The van der Waals surface area contributed by atoms with E-state index in [1.54, 1.807) is 0 Å². The molecular weight excluding hydrogens is 222 g/mol. The van der Waals surface area contributed by atoms with E-state index in [0.29, 0.717) is 0 Å². The lowest BCUT2D eigenvalue weighted by Crippen LogP contribution is -2.54. The van der Waals surface area contributed by atoms with Crippen LogP contribution in [0.25, 0.3) is 0 Å². The van der Waals surface area contributed by atoms with E-state index in [0.717, 1.165) is 25.2 Å². The molecule has 1 saturated heterocycles. The average Bonchev–Trinajstić information content (AvgIpc) is 2.94. The van der Waals surface area contributed by atoms with Gasteiger partial charge in [-0.2, -0.15) is 0 Å². The van der Waals surface area contributed by atoms with Gasteiger partial charge in [-0.15, -0.1) is 0 Å². The van der Waals surface area contributed by atoms with Gasteiger partial charge in [0.05, 0.1) is 0 Å². The first-order valence-corrected chi connectivity index (χ1v) is 8.04. The number of nitrogens with one attached hydrogen (secondary N) is 1. The minimum absolute atomic E-state index is 0.746. The van der Waals surface area contributed by atoms with Crippen molar-refractivity contribution in [2.45, 2.75) is 58.0 Å². The Balaban J connectivity index is 1.74. The zero-order chi connectivity index (χ0) is 12.8. The minimum atomic E-state index is 0.746. The second kappa shape index (κ2) is 7.46. The van der Waals surface area contributed by atoms with Crippen LogP contribution >= 0.6 is 0 Å². The molecule has 1 atom stereocenters. The summed E-state index contributed by atoms with van der Waals surface area (Å²) < 4.78 is 0. The standard InChI is InChI=1S/C15H31N3/c1-3-14(13-16-4-2)17-9-11-18(12-10-17)15-7-5-6-8-15/h14-16H,3-13H2,1-2H3. The predicted octanol–water partition coefficient (Wildman–Crippen LogP) is 1.93. The van der Waals surface area contributed by atoms with E-state index in [-0.39, 0.29) is 0 Å². The van der Waals surface area contributed by atoms with Gasteiger partial charge in [-0.1, -0.05) is 26.7 Å². The van der Waals surface area contributed by atoms with Crippen molar-refractivity contribution in [2.24, 2.45) is 0 Å². The molecule has 3 nitrogen and oxygen atoms in total. The Bertz CT molecular complexity index is 218. The molecule has 0 aromatic heterocycles. The third kappa shape index (κ3) is 3.69. The molecule has 0 spiro atoms. The van der Waals surface area contributed by atoms with Crippen molar-refractivity contribution in [1.82, 2.24) is 15.1 Å². The molecule has 0 aromatic carbocycles. The Morgan fingerprint density at radius 2 is 1.72 bits per heavy atom. The van der Waals surface area contributed by atoms with Crippen molar-refractivity contribution in [2.75, 3.05) is 39.3 Å². The van der Waals surface area contributed by atoms with Crippen LogP contribution in [0, 0.1) is 0 Å². The van der Waals surface area contributed by atoms with Gasteiger partial charge < -0.3 is 5.32 Å². The highest BCUT2D eigenvalue weighted by molar-refractivity contribution is 4.84. The molecule has 1 aliphatic heterocycles. The third-order valence-electron chi connectivity index (χ3n) is 4.81. The van der Waals surface area contributed by atoms with Crippen molar-refractivity contribution in [3.05, 3.63) is 0 Å². The fourth-order valence-electron chi connectivity index (χ4n) is 3.58. The van der Waals surface area contributed by atoms with Gasteiger partial charge in [0.25, 0.3) is 0 Å². The molecule has 2 fully saturated rings. The molecule has 0 bridgehead atoms. The highest BCUT2D eigenvalue weighted by atomic mass is 15.3. The molecule has 1 heterocycles. The van der Waals surface area contributed by atoms with Crippen LogP contribution in [0.2, 0.25) is 0 Å². The summed E-state index contributed by atoms with van der Waals surface area (Å²) in [6.07, 6.45) is 7.10. The largest absolute Gasteiger partial charge is 0.315 e. The summed E-state index contributed by atoms with van der Waals surface area (Å²) in [6, 6.07) is 1.66. The third-order valence-corrected chi connectivity index (χ3v) is 4.81. The molecule has 2 aliphatic rings. The van der Waals surface area contributed by atoms with E-state index < -0.39 is 0 Å². The van der Waals surface area contributed by atoms with Crippen LogP contribution in [0.3, 0.4) is 0 Å². The Labute approximate surface area is 113 Å². The van der Waals surface area contributed by atoms with E-state index in [9.17, 15) is 0 Å². The van der Waals surface area contributed by atoms with Crippen molar-refractivity contribution in [3.8, 4) is 0 Å². The van der Waals surface area contributed by atoms with E-state index >= 15 is 0 Å². The van der Waals surface area contributed by atoms with Gasteiger partial charge in [-0.25, -0.2) is 0 Å². The lowest BCUT2D eigenvalue weighted by atomic mass is 10.1. The number of hydrogen-bond donors (Lipinski definition) is 1. The van der Waals surface area contributed by atoms with Crippen LogP contribution in [0.4, 0.5) is 0 Å². The lowest BCUT2D eigenvalue weighted by molar-refractivity contribution is 0.0688. The maximum atomic E-state index is 3.51. The molecule has 1 unspecified atom stereocenters. The number of hydrogen-bond acceptors (Lipinski definition) is 3. The van der Waals surface area contributed by atoms with Crippen LogP contribution in [-0.2, 0) is 0 Å². The van der Waals surface area contributed by atoms with Gasteiger partial charge in [-0.3, -0.25) is 9.80 Å². The molecule has 1 aliphatic carbocycles. The molecule has 2 rings (SSSR count). The maximum absolute atomic E-state index is 3.51. The lowest BCUT2D eigenvalue weighted by Gasteiger charge is -2.41. The van der Waals surface area contributed by atoms with Gasteiger partial charge in [0.1, 0.15) is 0 Å². The van der Waals surface area contributed by atoms with Crippen molar-refractivity contribution < 1.29 is 0 Å². The van der Waals surface area contributed by atoms with Crippen LogP contribution < -0.4 is 5.32 Å². The molecule has 18 heavy (non-hydrogen) atoms. The Morgan fingerprint density at radius 1 is 1.06 bits per heavy atom. The summed E-state index contributed by atoms with van der Waals surface area (Å²) in [5.74, 6) is 0. The highest BCUT2D eigenvalue weighted by Gasteiger charge is 2.28. The summed E-state index contributed by atoms with van der Waals surface area (Å²) >= 11 is 0. The average molecular weight is 253 g/mol. The normalized spacial score (nSPS) is 25.7. The second-order valence-corrected chi connectivity index (χ2v) is 5.88. The highest BCUT2D eigenvalue weighted by Crippen LogP contribution is 2.24.